The van der Waals surface area contributed by atoms with Crippen LogP contribution in [0.4, 0.5) is 0 Å². The lowest BCUT2D eigenvalue weighted by Crippen LogP contribution is -1.97. The highest BCUT2D eigenvalue weighted by atomic mass is 79.9. The molecule has 4 heteroatoms. The van der Waals surface area contributed by atoms with Crippen LogP contribution in [0.25, 0.3) is 0 Å². The molecule has 0 aliphatic rings. The Morgan fingerprint density at radius 1 is 1.27 bits per heavy atom. The van der Waals surface area contributed by atoms with Crippen LogP contribution in [0.1, 0.15) is 5.56 Å². The molecule has 1 N–H and O–H groups in total. The second-order valence-electron chi connectivity index (χ2n) is 2.01. The SMILES string of the molecule is Oc1ccccc1C(Cl)(Br)Br. The molecule has 0 amide bonds. The van der Waals surface area contributed by atoms with Gasteiger partial charge in [-0.05, 0) is 37.9 Å². The number of phenols is 1. The standard InChI is InChI=1S/C7H5Br2ClO/c8-7(9,10)5-3-1-2-4-6(5)11/h1-4,11H. The maximum Gasteiger partial charge on any atom is 0.182 e. The van der Waals surface area contributed by atoms with Crippen molar-refractivity contribution in [2.75, 3.05) is 0 Å². The van der Waals surface area contributed by atoms with Gasteiger partial charge in [0.2, 0.25) is 0 Å². The molecular weight excluding hydrogens is 295 g/mol. The van der Waals surface area contributed by atoms with Crippen molar-refractivity contribution in [3.8, 4) is 5.75 Å². The number of aromatic hydroxyl groups is 1. The van der Waals surface area contributed by atoms with E-state index < -0.39 is 2.69 Å². The van der Waals surface area contributed by atoms with Gasteiger partial charge in [0, 0.05) is 5.56 Å². The Labute approximate surface area is 86.6 Å². The Morgan fingerprint density at radius 2 is 1.82 bits per heavy atom. The van der Waals surface area contributed by atoms with Gasteiger partial charge in [-0.25, -0.2) is 0 Å². The van der Waals surface area contributed by atoms with Crippen molar-refractivity contribution >= 4 is 43.5 Å². The molecule has 11 heavy (non-hydrogen) atoms. The first-order valence-corrected chi connectivity index (χ1v) is 4.83. The van der Waals surface area contributed by atoms with Crippen molar-refractivity contribution in [3.63, 3.8) is 0 Å². The molecule has 1 aromatic carbocycles. The number of rotatable bonds is 1. The van der Waals surface area contributed by atoms with E-state index in [0.29, 0.717) is 5.56 Å². The van der Waals surface area contributed by atoms with E-state index in [4.69, 9.17) is 11.6 Å². The zero-order valence-corrected chi connectivity index (χ0v) is 9.32. The summed E-state index contributed by atoms with van der Waals surface area (Å²) in [6.45, 7) is 0. The van der Waals surface area contributed by atoms with Gasteiger partial charge in [0.25, 0.3) is 0 Å². The second kappa shape index (κ2) is 3.33. The van der Waals surface area contributed by atoms with E-state index in [0.717, 1.165) is 0 Å². The van der Waals surface area contributed by atoms with Crippen LogP contribution in [0, 0.1) is 0 Å². The summed E-state index contributed by atoms with van der Waals surface area (Å²) >= 11 is 12.2. The van der Waals surface area contributed by atoms with Crippen molar-refractivity contribution in [2.24, 2.45) is 0 Å². The Balaban J connectivity index is 3.14. The number of phenolic OH excluding ortho intramolecular Hbond substituents is 1. The Kier molecular flexibility index (Phi) is 2.84. The van der Waals surface area contributed by atoms with E-state index in [-0.39, 0.29) is 5.75 Å². The molecular formula is C7H5Br2ClO. The predicted molar refractivity (Wildman–Crippen MR) is 53.5 cm³/mol. The maximum atomic E-state index is 9.30. The number of alkyl halides is 3. The van der Waals surface area contributed by atoms with E-state index in [1.54, 1.807) is 24.3 Å². The van der Waals surface area contributed by atoms with Gasteiger partial charge in [0.1, 0.15) is 5.75 Å². The molecule has 1 aromatic rings. The first-order chi connectivity index (χ1) is 5.02. The summed E-state index contributed by atoms with van der Waals surface area (Å²) in [4.78, 5) is 0. The molecule has 0 radical (unpaired) electrons. The van der Waals surface area contributed by atoms with Crippen LogP contribution in [-0.2, 0) is 2.69 Å². The molecule has 1 rings (SSSR count). The van der Waals surface area contributed by atoms with Crippen LogP contribution in [0.3, 0.4) is 0 Å². The molecule has 0 unspecified atom stereocenters. The highest BCUT2D eigenvalue weighted by Crippen LogP contribution is 2.45. The molecule has 0 aliphatic heterocycles. The third-order valence-electron chi connectivity index (χ3n) is 1.21. The summed E-state index contributed by atoms with van der Waals surface area (Å²) in [5.74, 6) is 0.163. The van der Waals surface area contributed by atoms with Crippen LogP contribution in [-0.4, -0.2) is 5.11 Å². The topological polar surface area (TPSA) is 20.2 Å². The third kappa shape index (κ3) is 2.36. The lowest BCUT2D eigenvalue weighted by atomic mass is 10.2. The van der Waals surface area contributed by atoms with Crippen molar-refractivity contribution in [2.45, 2.75) is 2.69 Å². The van der Waals surface area contributed by atoms with Crippen molar-refractivity contribution in [3.05, 3.63) is 29.8 Å². The average Bonchev–Trinajstić information content (AvgIpc) is 1.86. The molecule has 0 bridgehead atoms. The van der Waals surface area contributed by atoms with Crippen LogP contribution >= 0.6 is 43.5 Å². The maximum absolute atomic E-state index is 9.30. The van der Waals surface area contributed by atoms with Crippen LogP contribution in [0.15, 0.2) is 24.3 Å². The summed E-state index contributed by atoms with van der Waals surface area (Å²) in [6, 6.07) is 6.84. The molecule has 0 saturated carbocycles. The lowest BCUT2D eigenvalue weighted by Gasteiger charge is -2.12. The fourth-order valence-electron chi connectivity index (χ4n) is 0.713. The van der Waals surface area contributed by atoms with E-state index in [1.807, 2.05) is 0 Å². The van der Waals surface area contributed by atoms with E-state index in [2.05, 4.69) is 31.9 Å². The largest absolute Gasteiger partial charge is 0.508 e. The van der Waals surface area contributed by atoms with Crippen LogP contribution in [0.2, 0.25) is 0 Å². The quantitative estimate of drug-likeness (QED) is 0.787. The molecule has 0 fully saturated rings. The lowest BCUT2D eigenvalue weighted by molar-refractivity contribution is 0.470. The predicted octanol–water partition coefficient (Wildman–Crippen LogP) is 3.53. The number of hydrogen-bond donors (Lipinski definition) is 1. The minimum absolute atomic E-state index is 0.163. The molecule has 60 valence electrons. The normalized spacial score (nSPS) is 11.5. The van der Waals surface area contributed by atoms with Crippen LogP contribution < -0.4 is 0 Å². The van der Waals surface area contributed by atoms with Gasteiger partial charge in [0.15, 0.2) is 2.69 Å². The molecule has 0 atom stereocenters. The van der Waals surface area contributed by atoms with Gasteiger partial charge in [-0.15, -0.1) is 0 Å². The third-order valence-corrected chi connectivity index (χ3v) is 2.27. The average molecular weight is 300 g/mol. The molecule has 0 saturated heterocycles. The van der Waals surface area contributed by atoms with Gasteiger partial charge in [-0.3, -0.25) is 0 Å². The van der Waals surface area contributed by atoms with Gasteiger partial charge >= 0.3 is 0 Å². The molecule has 0 aliphatic carbocycles. The first kappa shape index (κ1) is 9.36. The molecule has 0 spiro atoms. The van der Waals surface area contributed by atoms with E-state index >= 15 is 0 Å². The van der Waals surface area contributed by atoms with Gasteiger partial charge in [0.05, 0.1) is 0 Å². The summed E-state index contributed by atoms with van der Waals surface area (Å²) in [7, 11) is 0. The Hall–Kier alpha value is 0.270. The summed E-state index contributed by atoms with van der Waals surface area (Å²) in [5.41, 5.74) is 0.599. The summed E-state index contributed by atoms with van der Waals surface area (Å²) in [5, 5.41) is 9.30. The Bertz CT molecular complexity index is 257. The minimum Gasteiger partial charge on any atom is -0.508 e. The second-order valence-corrected chi connectivity index (χ2v) is 6.94. The van der Waals surface area contributed by atoms with Crippen LogP contribution in [0.5, 0.6) is 5.75 Å². The van der Waals surface area contributed by atoms with Crippen molar-refractivity contribution in [1.82, 2.24) is 0 Å². The Morgan fingerprint density at radius 3 is 2.18 bits per heavy atom. The highest BCUT2D eigenvalue weighted by molar-refractivity contribution is 9.25. The van der Waals surface area contributed by atoms with Gasteiger partial charge < -0.3 is 5.11 Å². The zero-order valence-electron chi connectivity index (χ0n) is 5.39. The number of para-hydroxylation sites is 1. The molecule has 1 nitrogen and oxygen atoms in total. The van der Waals surface area contributed by atoms with Crippen molar-refractivity contribution < 1.29 is 5.11 Å². The molecule has 0 aromatic heterocycles. The van der Waals surface area contributed by atoms with Gasteiger partial charge in [-0.1, -0.05) is 29.8 Å². The number of benzene rings is 1. The first-order valence-electron chi connectivity index (χ1n) is 2.87. The van der Waals surface area contributed by atoms with Crippen molar-refractivity contribution in [1.29, 1.82) is 0 Å². The number of hydrogen-bond acceptors (Lipinski definition) is 1. The molecule has 0 heterocycles. The van der Waals surface area contributed by atoms with Gasteiger partial charge in [-0.2, -0.15) is 0 Å². The summed E-state index contributed by atoms with van der Waals surface area (Å²) in [6.07, 6.45) is 0. The summed E-state index contributed by atoms with van der Waals surface area (Å²) < 4.78 is -0.870. The zero-order chi connectivity index (χ0) is 8.48. The monoisotopic (exact) mass is 298 g/mol. The minimum atomic E-state index is -0.870. The smallest absolute Gasteiger partial charge is 0.182 e. The van der Waals surface area contributed by atoms with E-state index in [9.17, 15) is 5.11 Å². The number of halogens is 3. The highest BCUT2D eigenvalue weighted by Gasteiger charge is 2.24. The van der Waals surface area contributed by atoms with E-state index in [1.165, 1.54) is 0 Å². The fourth-order valence-corrected chi connectivity index (χ4v) is 1.54. The fraction of sp³-hybridized carbons (Fsp3) is 0.143.